The van der Waals surface area contributed by atoms with Gasteiger partial charge in [0.2, 0.25) is 0 Å². The molecule has 1 aromatic carbocycles. The molecule has 2 aromatic heterocycles. The second-order valence-corrected chi connectivity index (χ2v) is 9.05. The molecule has 0 N–H and O–H groups in total. The van der Waals surface area contributed by atoms with Gasteiger partial charge in [-0.25, -0.2) is 13.6 Å². The number of rotatable bonds is 2. The highest BCUT2D eigenvalue weighted by Gasteiger charge is 2.33. The average molecular weight is 465 g/mol. The van der Waals surface area contributed by atoms with E-state index in [1.54, 1.807) is 48.8 Å². The van der Waals surface area contributed by atoms with E-state index in [1.165, 1.54) is 6.20 Å². The number of piperazine rings is 1. The predicted molar refractivity (Wildman–Crippen MR) is 117 cm³/mol. The van der Waals surface area contributed by atoms with Crippen LogP contribution >= 0.6 is 11.6 Å². The summed E-state index contributed by atoms with van der Waals surface area (Å²) < 4.78 is 41.0. The minimum absolute atomic E-state index is 0.0502. The number of halogens is 3. The summed E-state index contributed by atoms with van der Waals surface area (Å²) in [5.74, 6) is -1.95. The molecule has 0 spiro atoms. The lowest BCUT2D eigenvalue weighted by atomic mass is 10.1. The van der Waals surface area contributed by atoms with Gasteiger partial charge in [-0.15, -0.1) is 0 Å². The topological polar surface area (TPSA) is 71.7 Å². The van der Waals surface area contributed by atoms with Gasteiger partial charge in [-0.05, 0) is 39.8 Å². The fraction of sp³-hybridized carbons (Fsp3) is 0.409. The molecule has 3 heterocycles. The van der Waals surface area contributed by atoms with E-state index in [1.807, 2.05) is 6.92 Å². The monoisotopic (exact) mass is 464 g/mol. The van der Waals surface area contributed by atoms with Gasteiger partial charge in [0.1, 0.15) is 16.1 Å². The number of carbonyl (C=O) groups excluding carboxylic acids is 1. The third kappa shape index (κ3) is 4.09. The van der Waals surface area contributed by atoms with Gasteiger partial charge in [0.05, 0.1) is 11.3 Å². The van der Waals surface area contributed by atoms with Crippen molar-refractivity contribution in [2.75, 3.05) is 24.5 Å². The molecule has 4 rings (SSSR count). The third-order valence-corrected chi connectivity index (χ3v) is 5.43. The molecule has 170 valence electrons. The number of pyridine rings is 1. The van der Waals surface area contributed by atoms with Gasteiger partial charge in [-0.3, -0.25) is 4.98 Å². The summed E-state index contributed by atoms with van der Waals surface area (Å²) >= 11 is 5.91. The lowest BCUT2D eigenvalue weighted by molar-refractivity contribution is 0.0216. The van der Waals surface area contributed by atoms with Gasteiger partial charge >= 0.3 is 6.09 Å². The number of fused-ring (bicyclic) bond motifs is 1. The van der Waals surface area contributed by atoms with Crippen LogP contribution in [0.25, 0.3) is 22.4 Å². The number of aromatic nitrogens is 2. The molecular formula is C22H23ClF2N4O3. The lowest BCUT2D eigenvalue weighted by Crippen LogP contribution is -2.54. The molecule has 1 aliphatic heterocycles. The first kappa shape index (κ1) is 22.3. The molecule has 1 saturated heterocycles. The number of amides is 1. The van der Waals surface area contributed by atoms with Crippen molar-refractivity contribution in [1.82, 2.24) is 14.9 Å². The summed E-state index contributed by atoms with van der Waals surface area (Å²) in [5, 5.41) is -0.666. The van der Waals surface area contributed by atoms with Crippen molar-refractivity contribution >= 4 is 34.8 Å². The van der Waals surface area contributed by atoms with Crippen LogP contribution in [0.2, 0.25) is 5.02 Å². The van der Waals surface area contributed by atoms with E-state index in [0.717, 1.165) is 0 Å². The number of ether oxygens (including phenoxy) is 1. The highest BCUT2D eigenvalue weighted by atomic mass is 35.5. The van der Waals surface area contributed by atoms with Gasteiger partial charge in [0.25, 0.3) is 6.01 Å². The van der Waals surface area contributed by atoms with Gasteiger partial charge in [-0.2, -0.15) is 4.98 Å². The van der Waals surface area contributed by atoms with Crippen molar-refractivity contribution in [1.29, 1.82) is 0 Å². The second kappa shape index (κ2) is 8.20. The van der Waals surface area contributed by atoms with Gasteiger partial charge in [-0.1, -0.05) is 17.7 Å². The van der Waals surface area contributed by atoms with E-state index < -0.39 is 28.4 Å². The van der Waals surface area contributed by atoms with Crippen LogP contribution in [-0.2, 0) is 4.74 Å². The maximum Gasteiger partial charge on any atom is 0.410 e. The minimum Gasteiger partial charge on any atom is -0.444 e. The smallest absolute Gasteiger partial charge is 0.410 e. The molecule has 0 radical (unpaired) electrons. The van der Waals surface area contributed by atoms with E-state index >= 15 is 0 Å². The number of anilines is 1. The highest BCUT2D eigenvalue weighted by Crippen LogP contribution is 2.39. The molecule has 0 saturated carbocycles. The van der Waals surface area contributed by atoms with Crippen LogP contribution in [0.15, 0.2) is 28.8 Å². The molecule has 3 aromatic rings. The van der Waals surface area contributed by atoms with E-state index in [2.05, 4.69) is 9.97 Å². The zero-order chi connectivity index (χ0) is 23.2. The normalized spacial score (nSPS) is 17.2. The highest BCUT2D eigenvalue weighted by molar-refractivity contribution is 6.32. The molecule has 7 nitrogen and oxygen atoms in total. The Hall–Kier alpha value is -2.94. The third-order valence-electron chi connectivity index (χ3n) is 5.10. The van der Waals surface area contributed by atoms with E-state index in [9.17, 15) is 13.6 Å². The Bertz CT molecular complexity index is 1160. The minimum atomic E-state index is -0.992. The standard InChI is InChI=1S/C22H23ClF2N4O3/c1-12-11-28(21(30)32-22(2,3)4)9-10-29(12)20-27-18-17(25)15(23)16(24)14(19(18)31-20)13-7-5-6-8-26-13/h5-8,12H,9-11H2,1-4H3/t12-/m0/s1. The molecule has 0 bridgehead atoms. The van der Waals surface area contributed by atoms with Gasteiger partial charge in [0, 0.05) is 31.9 Å². The molecule has 10 heteroatoms. The zero-order valence-electron chi connectivity index (χ0n) is 18.2. The summed E-state index contributed by atoms with van der Waals surface area (Å²) in [6.45, 7) is 8.41. The van der Waals surface area contributed by atoms with E-state index in [-0.39, 0.29) is 34.4 Å². The quantitative estimate of drug-likeness (QED) is 0.481. The maximum atomic E-state index is 14.9. The zero-order valence-corrected chi connectivity index (χ0v) is 18.9. The number of benzene rings is 1. The van der Waals surface area contributed by atoms with Crippen molar-refractivity contribution in [3.63, 3.8) is 0 Å². The van der Waals surface area contributed by atoms with Gasteiger partial charge in [0.15, 0.2) is 17.2 Å². The average Bonchev–Trinajstić information content (AvgIpc) is 3.16. The molecule has 1 aliphatic rings. The fourth-order valence-corrected chi connectivity index (χ4v) is 3.82. The first-order chi connectivity index (χ1) is 15.1. The molecule has 1 amide bonds. The van der Waals surface area contributed by atoms with Crippen LogP contribution in [0.3, 0.4) is 0 Å². The maximum absolute atomic E-state index is 14.9. The van der Waals surface area contributed by atoms with Crippen LogP contribution in [0.4, 0.5) is 19.6 Å². The molecule has 0 aliphatic carbocycles. The molecule has 32 heavy (non-hydrogen) atoms. The number of carbonyl (C=O) groups is 1. The van der Waals surface area contributed by atoms with Crippen LogP contribution in [-0.4, -0.2) is 52.2 Å². The Morgan fingerprint density at radius 2 is 2.00 bits per heavy atom. The van der Waals surface area contributed by atoms with E-state index in [4.69, 9.17) is 20.8 Å². The van der Waals surface area contributed by atoms with Crippen LogP contribution in [0, 0.1) is 11.6 Å². The predicted octanol–water partition coefficient (Wildman–Crippen LogP) is 5.27. The van der Waals surface area contributed by atoms with E-state index in [0.29, 0.717) is 19.6 Å². The first-order valence-corrected chi connectivity index (χ1v) is 10.6. The Labute approximate surface area is 188 Å². The Kier molecular flexibility index (Phi) is 5.70. The number of oxazole rings is 1. The van der Waals surface area contributed by atoms with Crippen molar-refractivity contribution in [2.45, 2.75) is 39.3 Å². The van der Waals surface area contributed by atoms with Crippen LogP contribution in [0.1, 0.15) is 27.7 Å². The number of hydrogen-bond acceptors (Lipinski definition) is 6. The lowest BCUT2D eigenvalue weighted by Gasteiger charge is -2.39. The molecule has 1 fully saturated rings. The van der Waals surface area contributed by atoms with Crippen molar-refractivity contribution in [3.8, 4) is 11.3 Å². The van der Waals surface area contributed by atoms with Gasteiger partial charge < -0.3 is 19.0 Å². The summed E-state index contributed by atoms with van der Waals surface area (Å²) in [4.78, 5) is 24.2. The summed E-state index contributed by atoms with van der Waals surface area (Å²) in [6.07, 6.45) is 1.09. The number of hydrogen-bond donors (Lipinski definition) is 0. The van der Waals surface area contributed by atoms with Crippen molar-refractivity contribution in [3.05, 3.63) is 41.1 Å². The molecular weight excluding hydrogens is 442 g/mol. The van der Waals surface area contributed by atoms with Crippen molar-refractivity contribution in [2.24, 2.45) is 0 Å². The summed E-state index contributed by atoms with van der Waals surface area (Å²) in [7, 11) is 0. The Morgan fingerprint density at radius 3 is 2.62 bits per heavy atom. The fourth-order valence-electron chi connectivity index (χ4n) is 3.63. The Morgan fingerprint density at radius 1 is 1.25 bits per heavy atom. The summed E-state index contributed by atoms with van der Waals surface area (Å²) in [6, 6.07) is 4.86. The molecule has 0 unspecified atom stereocenters. The Balaban J connectivity index is 1.68. The van der Waals surface area contributed by atoms with Crippen molar-refractivity contribution < 1.29 is 22.7 Å². The van der Waals surface area contributed by atoms with Crippen LogP contribution in [0.5, 0.6) is 0 Å². The SMILES string of the molecule is C[C@H]1CN(C(=O)OC(C)(C)C)CCN1c1nc2c(F)c(Cl)c(F)c(-c3ccccn3)c2o1. The first-order valence-electron chi connectivity index (χ1n) is 10.2. The number of nitrogens with zero attached hydrogens (tertiary/aromatic N) is 4. The molecule has 1 atom stereocenters. The second-order valence-electron chi connectivity index (χ2n) is 8.67. The van der Waals surface area contributed by atoms with Crippen LogP contribution < -0.4 is 4.90 Å². The summed E-state index contributed by atoms with van der Waals surface area (Å²) in [5.41, 5.74) is -0.637. The largest absolute Gasteiger partial charge is 0.444 e.